The zero-order valence-corrected chi connectivity index (χ0v) is 10.0. The van der Waals surface area contributed by atoms with Crippen LogP contribution in [0, 0.1) is 17.3 Å². The van der Waals surface area contributed by atoms with Crippen molar-refractivity contribution in [1.82, 2.24) is 0 Å². The van der Waals surface area contributed by atoms with Gasteiger partial charge >= 0.3 is 5.97 Å². The highest BCUT2D eigenvalue weighted by Gasteiger charge is 2.50. The standard InChI is InChI=1S/C12H20O3/c1-5-15-11(14)7-9-6-10(8(2)13)12(9,3)4/h9-10H,5-7H2,1-4H3/t9-,10-/m0/s1. The Morgan fingerprint density at radius 1 is 1.40 bits per heavy atom. The Kier molecular flexibility index (Phi) is 3.53. The average Bonchev–Trinajstić information content (AvgIpc) is 2.11. The van der Waals surface area contributed by atoms with E-state index in [1.165, 1.54) is 0 Å². The first-order valence-corrected chi connectivity index (χ1v) is 5.55. The first-order chi connectivity index (χ1) is 6.89. The predicted octanol–water partition coefficient (Wildman–Crippen LogP) is 2.19. The van der Waals surface area contributed by atoms with Gasteiger partial charge in [-0.05, 0) is 31.6 Å². The van der Waals surface area contributed by atoms with Gasteiger partial charge in [0.05, 0.1) is 6.61 Å². The predicted molar refractivity (Wildman–Crippen MR) is 57.3 cm³/mol. The highest BCUT2D eigenvalue weighted by Crippen LogP contribution is 2.53. The number of hydrogen-bond acceptors (Lipinski definition) is 3. The van der Waals surface area contributed by atoms with Crippen molar-refractivity contribution in [3.63, 3.8) is 0 Å². The van der Waals surface area contributed by atoms with Crippen LogP contribution in [0.4, 0.5) is 0 Å². The first-order valence-electron chi connectivity index (χ1n) is 5.55. The number of hydrogen-bond donors (Lipinski definition) is 0. The molecule has 0 radical (unpaired) electrons. The van der Waals surface area contributed by atoms with Crippen molar-refractivity contribution in [3.8, 4) is 0 Å². The van der Waals surface area contributed by atoms with Gasteiger partial charge in [0, 0.05) is 12.3 Å². The number of Topliss-reactive ketones (excluding diaryl/α,β-unsaturated/α-hetero) is 1. The smallest absolute Gasteiger partial charge is 0.306 e. The Morgan fingerprint density at radius 3 is 2.40 bits per heavy atom. The Bertz CT molecular complexity index is 268. The van der Waals surface area contributed by atoms with Crippen LogP contribution in [0.3, 0.4) is 0 Å². The minimum Gasteiger partial charge on any atom is -0.466 e. The van der Waals surface area contributed by atoms with Crippen LogP contribution in [-0.2, 0) is 14.3 Å². The molecule has 0 amide bonds. The summed E-state index contributed by atoms with van der Waals surface area (Å²) in [7, 11) is 0. The fraction of sp³-hybridized carbons (Fsp3) is 0.833. The third-order valence-corrected chi connectivity index (χ3v) is 3.68. The van der Waals surface area contributed by atoms with Crippen LogP contribution in [0.15, 0.2) is 0 Å². The lowest BCUT2D eigenvalue weighted by Gasteiger charge is -2.50. The zero-order chi connectivity index (χ0) is 11.6. The molecule has 0 N–H and O–H groups in total. The third kappa shape index (κ3) is 2.39. The summed E-state index contributed by atoms with van der Waals surface area (Å²) in [5.74, 6) is 0.514. The van der Waals surface area contributed by atoms with Crippen molar-refractivity contribution in [2.45, 2.75) is 40.5 Å². The molecule has 86 valence electrons. The quantitative estimate of drug-likeness (QED) is 0.671. The molecular weight excluding hydrogens is 192 g/mol. The van der Waals surface area contributed by atoms with E-state index in [4.69, 9.17) is 4.74 Å². The maximum Gasteiger partial charge on any atom is 0.306 e. The molecule has 0 saturated heterocycles. The number of esters is 1. The van der Waals surface area contributed by atoms with Crippen LogP contribution in [-0.4, -0.2) is 18.4 Å². The lowest BCUT2D eigenvalue weighted by atomic mass is 9.53. The minimum atomic E-state index is -0.141. The number of ketones is 1. The van der Waals surface area contributed by atoms with Crippen LogP contribution in [0.25, 0.3) is 0 Å². The van der Waals surface area contributed by atoms with Gasteiger partial charge in [0.25, 0.3) is 0 Å². The van der Waals surface area contributed by atoms with E-state index in [2.05, 4.69) is 13.8 Å². The summed E-state index contributed by atoms with van der Waals surface area (Å²) in [5, 5.41) is 0. The first kappa shape index (κ1) is 12.2. The lowest BCUT2D eigenvalue weighted by Crippen LogP contribution is -2.49. The summed E-state index contributed by atoms with van der Waals surface area (Å²) >= 11 is 0. The Morgan fingerprint density at radius 2 is 2.00 bits per heavy atom. The van der Waals surface area contributed by atoms with Gasteiger partial charge in [0.2, 0.25) is 0 Å². The van der Waals surface area contributed by atoms with Crippen LogP contribution < -0.4 is 0 Å². The second kappa shape index (κ2) is 4.33. The van der Waals surface area contributed by atoms with Crippen LogP contribution >= 0.6 is 0 Å². The normalized spacial score (nSPS) is 28.0. The fourth-order valence-electron chi connectivity index (χ4n) is 2.47. The number of carbonyl (C=O) groups is 2. The van der Waals surface area contributed by atoms with E-state index in [-0.39, 0.29) is 23.1 Å². The summed E-state index contributed by atoms with van der Waals surface area (Å²) < 4.78 is 4.91. The molecule has 0 aromatic carbocycles. The Balaban J connectivity index is 2.48. The Hall–Kier alpha value is -0.860. The van der Waals surface area contributed by atoms with E-state index < -0.39 is 0 Å². The fourth-order valence-corrected chi connectivity index (χ4v) is 2.47. The van der Waals surface area contributed by atoms with Crippen molar-refractivity contribution >= 4 is 11.8 Å². The molecule has 1 aliphatic carbocycles. The lowest BCUT2D eigenvalue weighted by molar-refractivity contribution is -0.153. The second-order valence-electron chi connectivity index (χ2n) is 4.93. The second-order valence-corrected chi connectivity index (χ2v) is 4.93. The highest BCUT2D eigenvalue weighted by molar-refractivity contribution is 5.81. The van der Waals surface area contributed by atoms with Gasteiger partial charge in [-0.15, -0.1) is 0 Å². The van der Waals surface area contributed by atoms with Crippen molar-refractivity contribution in [2.75, 3.05) is 6.61 Å². The van der Waals surface area contributed by atoms with Gasteiger partial charge < -0.3 is 4.74 Å². The van der Waals surface area contributed by atoms with E-state index in [0.717, 1.165) is 6.42 Å². The third-order valence-electron chi connectivity index (χ3n) is 3.68. The molecule has 2 atom stereocenters. The van der Waals surface area contributed by atoms with Crippen molar-refractivity contribution in [2.24, 2.45) is 17.3 Å². The number of ether oxygens (including phenoxy) is 1. The van der Waals surface area contributed by atoms with E-state index in [1.54, 1.807) is 6.92 Å². The maximum atomic E-state index is 11.3. The molecule has 0 bridgehead atoms. The topological polar surface area (TPSA) is 43.4 Å². The Labute approximate surface area is 91.2 Å². The minimum absolute atomic E-state index is 0.0431. The van der Waals surface area contributed by atoms with E-state index in [1.807, 2.05) is 6.92 Å². The van der Waals surface area contributed by atoms with Gasteiger partial charge in [0.15, 0.2) is 0 Å². The number of carbonyl (C=O) groups excluding carboxylic acids is 2. The van der Waals surface area contributed by atoms with Gasteiger partial charge in [0.1, 0.15) is 5.78 Å². The van der Waals surface area contributed by atoms with Crippen molar-refractivity contribution in [3.05, 3.63) is 0 Å². The molecule has 0 unspecified atom stereocenters. The van der Waals surface area contributed by atoms with E-state index in [0.29, 0.717) is 18.9 Å². The monoisotopic (exact) mass is 212 g/mol. The zero-order valence-electron chi connectivity index (χ0n) is 10.0. The molecule has 0 aromatic heterocycles. The van der Waals surface area contributed by atoms with E-state index in [9.17, 15) is 9.59 Å². The van der Waals surface area contributed by atoms with Crippen LogP contribution in [0.5, 0.6) is 0 Å². The van der Waals surface area contributed by atoms with Gasteiger partial charge in [-0.25, -0.2) is 0 Å². The largest absolute Gasteiger partial charge is 0.466 e. The summed E-state index contributed by atoms with van der Waals surface area (Å²) in [5.41, 5.74) is -0.0431. The molecule has 15 heavy (non-hydrogen) atoms. The molecule has 0 spiro atoms. The number of rotatable bonds is 4. The van der Waals surface area contributed by atoms with Crippen LogP contribution in [0.2, 0.25) is 0 Å². The molecule has 1 aliphatic rings. The van der Waals surface area contributed by atoms with Gasteiger partial charge in [-0.1, -0.05) is 13.8 Å². The molecule has 1 rings (SSSR count). The molecule has 3 nitrogen and oxygen atoms in total. The molecule has 0 heterocycles. The van der Waals surface area contributed by atoms with Crippen molar-refractivity contribution in [1.29, 1.82) is 0 Å². The SMILES string of the molecule is CCOC(=O)C[C@@H]1C[C@@H](C(C)=O)C1(C)C. The molecule has 1 saturated carbocycles. The molecule has 1 fully saturated rings. The summed E-state index contributed by atoms with van der Waals surface area (Å²) in [6.07, 6.45) is 1.28. The molecule has 0 aliphatic heterocycles. The van der Waals surface area contributed by atoms with Gasteiger partial charge in [-0.3, -0.25) is 9.59 Å². The molecule has 0 aromatic rings. The summed E-state index contributed by atoms with van der Waals surface area (Å²) in [6, 6.07) is 0. The maximum absolute atomic E-state index is 11.3. The van der Waals surface area contributed by atoms with Crippen LogP contribution in [0.1, 0.15) is 40.5 Å². The molecule has 3 heteroatoms. The van der Waals surface area contributed by atoms with Gasteiger partial charge in [-0.2, -0.15) is 0 Å². The summed E-state index contributed by atoms with van der Waals surface area (Å²) in [6.45, 7) is 8.00. The highest BCUT2D eigenvalue weighted by atomic mass is 16.5. The van der Waals surface area contributed by atoms with Crippen molar-refractivity contribution < 1.29 is 14.3 Å². The van der Waals surface area contributed by atoms with E-state index >= 15 is 0 Å². The average molecular weight is 212 g/mol. The summed E-state index contributed by atoms with van der Waals surface area (Å²) in [4.78, 5) is 22.6. The molecular formula is C12H20O3.